The molecule has 0 aromatic heterocycles. The Morgan fingerprint density at radius 2 is 1.60 bits per heavy atom. The van der Waals surface area contributed by atoms with Crippen molar-refractivity contribution in [3.8, 4) is 0 Å². The predicted octanol–water partition coefficient (Wildman–Crippen LogP) is 3.60. The lowest BCUT2D eigenvalue weighted by Crippen LogP contribution is -2.29. The maximum atomic E-state index is 12.3. The molecule has 0 amide bonds. The molecule has 0 heterocycles. The second kappa shape index (κ2) is 6.59. The van der Waals surface area contributed by atoms with Gasteiger partial charge in [0.15, 0.2) is 0 Å². The van der Waals surface area contributed by atoms with E-state index >= 15 is 0 Å². The summed E-state index contributed by atoms with van der Waals surface area (Å²) < 4.78 is 27.1. The van der Waals surface area contributed by atoms with Crippen LogP contribution in [0.5, 0.6) is 0 Å². The Morgan fingerprint density at radius 3 is 2.15 bits per heavy atom. The van der Waals surface area contributed by atoms with Gasteiger partial charge in [0.1, 0.15) is 0 Å². The average Bonchev–Trinajstić information content (AvgIpc) is 2.46. The van der Waals surface area contributed by atoms with Gasteiger partial charge in [-0.25, -0.2) is 13.1 Å². The highest BCUT2D eigenvalue weighted by atomic mass is 35.5. The van der Waals surface area contributed by atoms with Gasteiger partial charge in [0.05, 0.1) is 10.9 Å². The molecule has 2 rings (SSSR count). The second-order valence-corrected chi connectivity index (χ2v) is 6.65. The summed E-state index contributed by atoms with van der Waals surface area (Å²) in [6, 6.07) is 14.7. The molecule has 0 spiro atoms. The van der Waals surface area contributed by atoms with Crippen LogP contribution in [0.1, 0.15) is 11.6 Å². The highest BCUT2D eigenvalue weighted by Crippen LogP contribution is 2.19. The maximum absolute atomic E-state index is 12.3. The van der Waals surface area contributed by atoms with Crippen molar-refractivity contribution in [3.05, 3.63) is 65.2 Å². The van der Waals surface area contributed by atoms with E-state index in [2.05, 4.69) is 4.72 Å². The molecule has 2 aromatic rings. The van der Waals surface area contributed by atoms with E-state index in [4.69, 9.17) is 23.2 Å². The fourth-order valence-corrected chi connectivity index (χ4v) is 3.44. The minimum absolute atomic E-state index is 0.150. The first-order valence-corrected chi connectivity index (χ1v) is 8.31. The van der Waals surface area contributed by atoms with Gasteiger partial charge in [-0.2, -0.15) is 0 Å². The van der Waals surface area contributed by atoms with E-state index in [1.165, 1.54) is 24.3 Å². The molecule has 0 radical (unpaired) electrons. The van der Waals surface area contributed by atoms with E-state index in [-0.39, 0.29) is 10.8 Å². The summed E-state index contributed by atoms with van der Waals surface area (Å²) >= 11 is 11.6. The summed E-state index contributed by atoms with van der Waals surface area (Å²) in [7, 11) is -3.63. The van der Waals surface area contributed by atoms with Crippen molar-refractivity contribution in [1.29, 1.82) is 0 Å². The van der Waals surface area contributed by atoms with Crippen LogP contribution in [-0.4, -0.2) is 14.3 Å². The Bertz CT molecular complexity index is 657. The molecule has 0 bridgehead atoms. The molecule has 0 fully saturated rings. The monoisotopic (exact) mass is 329 g/mol. The lowest BCUT2D eigenvalue weighted by atomic mass is 10.1. The van der Waals surface area contributed by atoms with Crippen molar-refractivity contribution >= 4 is 33.2 Å². The minimum Gasteiger partial charge on any atom is -0.207 e. The Balaban J connectivity index is 2.24. The molecular weight excluding hydrogens is 317 g/mol. The van der Waals surface area contributed by atoms with Gasteiger partial charge in [-0.15, -0.1) is 11.6 Å². The van der Waals surface area contributed by atoms with Gasteiger partial charge in [0.25, 0.3) is 0 Å². The van der Waals surface area contributed by atoms with Crippen LogP contribution in [0.25, 0.3) is 0 Å². The highest BCUT2D eigenvalue weighted by Gasteiger charge is 2.20. The third-order valence-corrected chi connectivity index (χ3v) is 4.83. The van der Waals surface area contributed by atoms with Gasteiger partial charge in [0, 0.05) is 10.9 Å². The van der Waals surface area contributed by atoms with Crippen molar-refractivity contribution in [3.63, 3.8) is 0 Å². The molecule has 6 heteroatoms. The molecule has 1 N–H and O–H groups in total. The molecule has 20 heavy (non-hydrogen) atoms. The fraction of sp³-hybridized carbons (Fsp3) is 0.143. The van der Waals surface area contributed by atoms with Crippen LogP contribution in [0.15, 0.2) is 59.5 Å². The molecule has 0 aliphatic rings. The van der Waals surface area contributed by atoms with Crippen LogP contribution in [0.3, 0.4) is 0 Å². The Labute approximate surface area is 128 Å². The molecule has 0 aliphatic heterocycles. The normalized spacial score (nSPS) is 13.1. The standard InChI is InChI=1S/C14H13Cl2NO2S/c15-10-14(11-4-2-1-3-5-11)17-20(18,19)13-8-6-12(16)7-9-13/h1-9,14,17H,10H2/t14-/m0/s1. The number of nitrogens with one attached hydrogen (secondary N) is 1. The van der Waals surface area contributed by atoms with E-state index in [9.17, 15) is 8.42 Å². The van der Waals surface area contributed by atoms with Gasteiger partial charge in [-0.1, -0.05) is 41.9 Å². The summed E-state index contributed by atoms with van der Waals surface area (Å²) in [4.78, 5) is 0.160. The van der Waals surface area contributed by atoms with Crippen LogP contribution in [0.2, 0.25) is 5.02 Å². The first-order valence-electron chi connectivity index (χ1n) is 5.92. The fourth-order valence-electron chi connectivity index (χ4n) is 1.74. The van der Waals surface area contributed by atoms with Crippen LogP contribution < -0.4 is 4.72 Å². The molecule has 0 aliphatic carbocycles. The van der Waals surface area contributed by atoms with Gasteiger partial charge >= 0.3 is 0 Å². The van der Waals surface area contributed by atoms with Gasteiger partial charge < -0.3 is 0 Å². The third kappa shape index (κ3) is 3.73. The SMILES string of the molecule is O=S(=O)(N[C@@H](CCl)c1ccccc1)c1ccc(Cl)cc1. The smallest absolute Gasteiger partial charge is 0.207 e. The number of alkyl halides is 1. The predicted molar refractivity (Wildman–Crippen MR) is 81.7 cm³/mol. The zero-order valence-electron chi connectivity index (χ0n) is 10.5. The first kappa shape index (κ1) is 15.3. The maximum Gasteiger partial charge on any atom is 0.241 e. The number of halogens is 2. The molecule has 1 atom stereocenters. The molecular formula is C14H13Cl2NO2S. The number of rotatable bonds is 5. The molecule has 106 valence electrons. The number of hydrogen-bond acceptors (Lipinski definition) is 2. The average molecular weight is 330 g/mol. The summed E-state index contributed by atoms with van der Waals surface area (Å²) in [5.74, 6) is 0.150. The molecule has 3 nitrogen and oxygen atoms in total. The number of benzene rings is 2. The second-order valence-electron chi connectivity index (χ2n) is 4.19. The van der Waals surface area contributed by atoms with E-state index < -0.39 is 16.1 Å². The quantitative estimate of drug-likeness (QED) is 0.852. The van der Waals surface area contributed by atoms with E-state index in [0.717, 1.165) is 5.56 Å². The Kier molecular flexibility index (Phi) is 5.05. The minimum atomic E-state index is -3.63. The topological polar surface area (TPSA) is 46.2 Å². The van der Waals surface area contributed by atoms with Crippen molar-refractivity contribution in [2.45, 2.75) is 10.9 Å². The first-order chi connectivity index (χ1) is 9.53. The van der Waals surface area contributed by atoms with Crippen molar-refractivity contribution in [2.75, 3.05) is 5.88 Å². The van der Waals surface area contributed by atoms with Crippen LogP contribution in [0, 0.1) is 0 Å². The zero-order chi connectivity index (χ0) is 14.6. The van der Waals surface area contributed by atoms with Crippen LogP contribution in [0.4, 0.5) is 0 Å². The Hall–Kier alpha value is -1.07. The zero-order valence-corrected chi connectivity index (χ0v) is 12.8. The summed E-state index contributed by atoms with van der Waals surface area (Å²) in [6.07, 6.45) is 0. The third-order valence-electron chi connectivity index (χ3n) is 2.78. The van der Waals surface area contributed by atoms with E-state index in [1.807, 2.05) is 30.3 Å². The van der Waals surface area contributed by atoms with Gasteiger partial charge in [-0.3, -0.25) is 0 Å². The van der Waals surface area contributed by atoms with Crippen molar-refractivity contribution in [1.82, 2.24) is 4.72 Å². The highest BCUT2D eigenvalue weighted by molar-refractivity contribution is 7.89. The molecule has 0 unspecified atom stereocenters. The lowest BCUT2D eigenvalue weighted by molar-refractivity contribution is 0.568. The molecule has 0 saturated carbocycles. The Morgan fingerprint density at radius 1 is 1.00 bits per heavy atom. The van der Waals surface area contributed by atoms with Crippen molar-refractivity contribution in [2.24, 2.45) is 0 Å². The largest absolute Gasteiger partial charge is 0.241 e. The van der Waals surface area contributed by atoms with E-state index in [0.29, 0.717) is 5.02 Å². The van der Waals surface area contributed by atoms with Crippen LogP contribution >= 0.6 is 23.2 Å². The van der Waals surface area contributed by atoms with E-state index in [1.54, 1.807) is 0 Å². The molecule has 0 saturated heterocycles. The summed E-state index contributed by atoms with van der Waals surface area (Å²) in [5, 5.41) is 0.487. The lowest BCUT2D eigenvalue weighted by Gasteiger charge is -2.16. The molecule has 2 aromatic carbocycles. The summed E-state index contributed by atoms with van der Waals surface area (Å²) in [6.45, 7) is 0. The van der Waals surface area contributed by atoms with Crippen LogP contribution in [-0.2, 0) is 10.0 Å². The number of sulfonamides is 1. The van der Waals surface area contributed by atoms with Gasteiger partial charge in [0.2, 0.25) is 10.0 Å². The van der Waals surface area contributed by atoms with Gasteiger partial charge in [-0.05, 0) is 29.8 Å². The van der Waals surface area contributed by atoms with Crippen molar-refractivity contribution < 1.29 is 8.42 Å². The number of hydrogen-bond donors (Lipinski definition) is 1. The summed E-state index contributed by atoms with van der Waals surface area (Å²) in [5.41, 5.74) is 0.819.